The topological polar surface area (TPSA) is 29.1 Å². The van der Waals surface area contributed by atoms with Crippen LogP contribution in [0.4, 0.5) is 0 Å². The van der Waals surface area contributed by atoms with Crippen LogP contribution in [0.25, 0.3) is 0 Å². The highest BCUT2D eigenvalue weighted by Crippen LogP contribution is 2.29. The lowest BCUT2D eigenvalue weighted by molar-refractivity contribution is -0.123. The Bertz CT molecular complexity index is 249. The number of halogens is 1. The standard InChI is InChI=1S/C16H30BrNO/c1-2-3-4-5-6-8-11-15(19)18-16(14-17)12-9-7-10-13-16/h2-14H2,1H3,(H,18,19). The average Bonchev–Trinajstić information content (AvgIpc) is 2.43. The summed E-state index contributed by atoms with van der Waals surface area (Å²) in [6.45, 7) is 2.23. The van der Waals surface area contributed by atoms with Crippen LogP contribution in [0.3, 0.4) is 0 Å². The van der Waals surface area contributed by atoms with Crippen molar-refractivity contribution in [2.75, 3.05) is 5.33 Å². The smallest absolute Gasteiger partial charge is 0.220 e. The van der Waals surface area contributed by atoms with Crippen LogP contribution in [0.5, 0.6) is 0 Å². The van der Waals surface area contributed by atoms with Crippen LogP contribution in [-0.4, -0.2) is 16.8 Å². The second-order valence-electron chi connectivity index (χ2n) is 6.04. The van der Waals surface area contributed by atoms with E-state index in [-0.39, 0.29) is 11.4 Å². The number of nitrogens with one attached hydrogen (secondary N) is 1. The third-order valence-electron chi connectivity index (χ3n) is 4.23. The van der Waals surface area contributed by atoms with Gasteiger partial charge in [-0.2, -0.15) is 0 Å². The first-order valence-corrected chi connectivity index (χ1v) is 9.21. The molecule has 0 radical (unpaired) electrons. The number of hydrogen-bond acceptors (Lipinski definition) is 1. The summed E-state index contributed by atoms with van der Waals surface area (Å²) in [5, 5.41) is 4.20. The highest BCUT2D eigenvalue weighted by molar-refractivity contribution is 9.09. The first-order chi connectivity index (χ1) is 9.22. The van der Waals surface area contributed by atoms with E-state index >= 15 is 0 Å². The van der Waals surface area contributed by atoms with Crippen molar-refractivity contribution in [2.45, 2.75) is 89.5 Å². The van der Waals surface area contributed by atoms with E-state index in [0.717, 1.165) is 24.6 Å². The van der Waals surface area contributed by atoms with Gasteiger partial charge in [-0.25, -0.2) is 0 Å². The van der Waals surface area contributed by atoms with Gasteiger partial charge in [-0.15, -0.1) is 0 Å². The Morgan fingerprint density at radius 3 is 2.32 bits per heavy atom. The number of carbonyl (C=O) groups excluding carboxylic acids is 1. The zero-order chi connectivity index (χ0) is 14.0. The van der Waals surface area contributed by atoms with Gasteiger partial charge in [0.25, 0.3) is 0 Å². The quantitative estimate of drug-likeness (QED) is 0.470. The van der Waals surface area contributed by atoms with E-state index in [1.54, 1.807) is 0 Å². The van der Waals surface area contributed by atoms with Crippen molar-refractivity contribution in [3.8, 4) is 0 Å². The summed E-state index contributed by atoms with van der Waals surface area (Å²) < 4.78 is 0. The first kappa shape index (κ1) is 17.0. The molecular weight excluding hydrogens is 302 g/mol. The van der Waals surface area contributed by atoms with Gasteiger partial charge in [-0.3, -0.25) is 4.79 Å². The SMILES string of the molecule is CCCCCCCCC(=O)NC1(CBr)CCCCC1. The van der Waals surface area contributed by atoms with E-state index in [2.05, 4.69) is 28.2 Å². The van der Waals surface area contributed by atoms with Gasteiger partial charge in [0.1, 0.15) is 0 Å². The van der Waals surface area contributed by atoms with E-state index in [9.17, 15) is 4.79 Å². The lowest BCUT2D eigenvalue weighted by Crippen LogP contribution is -2.51. The van der Waals surface area contributed by atoms with Crippen LogP contribution < -0.4 is 5.32 Å². The van der Waals surface area contributed by atoms with E-state index in [4.69, 9.17) is 0 Å². The molecule has 0 aromatic heterocycles. The molecule has 1 aliphatic rings. The molecule has 0 unspecified atom stereocenters. The molecule has 0 aromatic carbocycles. The monoisotopic (exact) mass is 331 g/mol. The number of rotatable bonds is 9. The minimum atomic E-state index is 0.0531. The molecule has 1 saturated carbocycles. The van der Waals surface area contributed by atoms with Gasteiger partial charge in [0.15, 0.2) is 0 Å². The van der Waals surface area contributed by atoms with Crippen molar-refractivity contribution in [3.05, 3.63) is 0 Å². The van der Waals surface area contributed by atoms with Crippen LogP contribution in [0.1, 0.15) is 84.0 Å². The molecule has 0 aliphatic heterocycles. The molecule has 2 nitrogen and oxygen atoms in total. The summed E-state index contributed by atoms with van der Waals surface area (Å²) in [6.07, 6.45) is 14.3. The maximum absolute atomic E-state index is 12.0. The molecule has 1 aliphatic carbocycles. The lowest BCUT2D eigenvalue weighted by atomic mass is 9.83. The molecule has 1 amide bonds. The molecule has 0 aromatic rings. The van der Waals surface area contributed by atoms with Crippen molar-refractivity contribution in [2.24, 2.45) is 0 Å². The summed E-state index contributed by atoms with van der Waals surface area (Å²) in [5.41, 5.74) is 0.0531. The number of carbonyl (C=O) groups is 1. The Labute approximate surface area is 127 Å². The summed E-state index contributed by atoms with van der Waals surface area (Å²) in [5.74, 6) is 0.261. The number of alkyl halides is 1. The molecule has 112 valence electrons. The van der Waals surface area contributed by atoms with Crippen molar-refractivity contribution in [1.29, 1.82) is 0 Å². The van der Waals surface area contributed by atoms with Gasteiger partial charge in [-0.05, 0) is 19.3 Å². The van der Waals surface area contributed by atoms with Gasteiger partial charge in [0.2, 0.25) is 5.91 Å². The van der Waals surface area contributed by atoms with Crippen LogP contribution in [-0.2, 0) is 4.79 Å². The van der Waals surface area contributed by atoms with Crippen LogP contribution in [0.2, 0.25) is 0 Å². The Balaban J connectivity index is 2.15. The highest BCUT2D eigenvalue weighted by atomic mass is 79.9. The summed E-state index contributed by atoms with van der Waals surface area (Å²) in [6, 6.07) is 0. The highest BCUT2D eigenvalue weighted by Gasteiger charge is 2.31. The van der Waals surface area contributed by atoms with Crippen LogP contribution in [0, 0.1) is 0 Å². The second-order valence-corrected chi connectivity index (χ2v) is 6.60. The summed E-state index contributed by atoms with van der Waals surface area (Å²) in [4.78, 5) is 12.0. The molecular formula is C16H30BrNO. The van der Waals surface area contributed by atoms with Crippen molar-refractivity contribution in [1.82, 2.24) is 5.32 Å². The maximum Gasteiger partial charge on any atom is 0.220 e. The molecule has 1 N–H and O–H groups in total. The van der Waals surface area contributed by atoms with Gasteiger partial charge in [0, 0.05) is 17.3 Å². The third kappa shape index (κ3) is 6.78. The van der Waals surface area contributed by atoms with Gasteiger partial charge in [0.05, 0.1) is 0 Å². The second kappa shape index (κ2) is 9.79. The van der Waals surface area contributed by atoms with Gasteiger partial charge in [-0.1, -0.05) is 74.2 Å². The molecule has 0 spiro atoms. The fraction of sp³-hybridized carbons (Fsp3) is 0.938. The van der Waals surface area contributed by atoms with E-state index < -0.39 is 0 Å². The molecule has 1 fully saturated rings. The van der Waals surface area contributed by atoms with E-state index in [1.165, 1.54) is 51.4 Å². The van der Waals surface area contributed by atoms with E-state index in [1.807, 2.05) is 0 Å². The van der Waals surface area contributed by atoms with Gasteiger partial charge < -0.3 is 5.32 Å². The Morgan fingerprint density at radius 1 is 1.05 bits per heavy atom. The number of unbranched alkanes of at least 4 members (excludes halogenated alkanes) is 5. The van der Waals surface area contributed by atoms with Crippen molar-refractivity contribution in [3.63, 3.8) is 0 Å². The number of amides is 1. The Hall–Kier alpha value is -0.0500. The largest absolute Gasteiger partial charge is 0.350 e. The molecule has 0 bridgehead atoms. The van der Waals surface area contributed by atoms with Crippen LogP contribution in [0.15, 0.2) is 0 Å². The lowest BCUT2D eigenvalue weighted by Gasteiger charge is -2.36. The summed E-state index contributed by atoms with van der Waals surface area (Å²) in [7, 11) is 0. The van der Waals surface area contributed by atoms with E-state index in [0.29, 0.717) is 6.42 Å². The first-order valence-electron chi connectivity index (χ1n) is 8.09. The molecule has 3 heteroatoms. The minimum absolute atomic E-state index is 0.0531. The fourth-order valence-corrected chi connectivity index (χ4v) is 3.65. The molecule has 0 atom stereocenters. The Kier molecular flexibility index (Phi) is 8.76. The predicted molar refractivity (Wildman–Crippen MR) is 85.7 cm³/mol. The maximum atomic E-state index is 12.0. The van der Waals surface area contributed by atoms with Crippen LogP contribution >= 0.6 is 15.9 Å². The fourth-order valence-electron chi connectivity index (χ4n) is 2.94. The normalized spacial score (nSPS) is 18.2. The van der Waals surface area contributed by atoms with Crippen molar-refractivity contribution < 1.29 is 4.79 Å². The zero-order valence-corrected chi connectivity index (χ0v) is 14.1. The Morgan fingerprint density at radius 2 is 1.68 bits per heavy atom. The number of hydrogen-bond donors (Lipinski definition) is 1. The molecule has 19 heavy (non-hydrogen) atoms. The third-order valence-corrected chi connectivity index (χ3v) is 5.30. The molecule has 1 rings (SSSR count). The predicted octanol–water partition coefficient (Wildman–Crippen LogP) is 4.95. The zero-order valence-electron chi connectivity index (χ0n) is 12.5. The minimum Gasteiger partial charge on any atom is -0.350 e. The molecule has 0 saturated heterocycles. The average molecular weight is 332 g/mol. The molecule has 0 heterocycles. The summed E-state index contributed by atoms with van der Waals surface area (Å²) >= 11 is 3.59. The van der Waals surface area contributed by atoms with Gasteiger partial charge >= 0.3 is 0 Å². The van der Waals surface area contributed by atoms with Crippen molar-refractivity contribution >= 4 is 21.8 Å².